The lowest BCUT2D eigenvalue weighted by Gasteiger charge is -2.31. The Labute approximate surface area is 203 Å². The van der Waals surface area contributed by atoms with E-state index in [0.717, 1.165) is 5.69 Å². The molecule has 1 aliphatic heterocycles. The molecule has 11 heteroatoms. The van der Waals surface area contributed by atoms with Gasteiger partial charge >= 0.3 is 0 Å². The highest BCUT2D eigenvalue weighted by Gasteiger charge is 2.21. The zero-order valence-corrected chi connectivity index (χ0v) is 20.1. The first-order valence-corrected chi connectivity index (χ1v) is 11.4. The minimum atomic E-state index is -0.592. The van der Waals surface area contributed by atoms with Gasteiger partial charge in [-0.1, -0.05) is 6.07 Å². The van der Waals surface area contributed by atoms with Crippen molar-refractivity contribution in [3.8, 4) is 11.5 Å². The number of benzene rings is 2. The number of rotatable bonds is 10. The number of hydrogen-bond acceptors (Lipinski definition) is 8. The number of hydrogen-bond donors (Lipinski definition) is 2. The standard InChI is InChI=1S/C24H30N4O7/c1-4-34-21-14-20(27-8-10-33-11-9-27)22(35-5-2)13-18(21)26-23(29)15-25-24(30)17-7-6-16(3)19(12-17)28(31)32/h6-7,12-14H,4-5,8-11,15H2,1-3H3,(H,25,30)(H,26,29). The van der Waals surface area contributed by atoms with Crippen LogP contribution in [0.3, 0.4) is 0 Å². The molecule has 1 saturated heterocycles. The van der Waals surface area contributed by atoms with Crippen LogP contribution < -0.4 is 25.0 Å². The van der Waals surface area contributed by atoms with E-state index in [4.69, 9.17) is 14.2 Å². The number of nitro groups is 1. The van der Waals surface area contributed by atoms with E-state index in [1.165, 1.54) is 18.2 Å². The van der Waals surface area contributed by atoms with Crippen LogP contribution in [0.1, 0.15) is 29.8 Å². The number of amides is 2. The van der Waals surface area contributed by atoms with Crippen LogP contribution in [0.2, 0.25) is 0 Å². The van der Waals surface area contributed by atoms with Crippen LogP contribution in [-0.4, -0.2) is 62.8 Å². The van der Waals surface area contributed by atoms with Crippen molar-refractivity contribution in [3.05, 3.63) is 51.6 Å². The lowest BCUT2D eigenvalue weighted by atomic mass is 10.1. The molecule has 1 fully saturated rings. The number of carbonyl (C=O) groups excluding carboxylic acids is 2. The zero-order valence-electron chi connectivity index (χ0n) is 20.1. The maximum Gasteiger partial charge on any atom is 0.273 e. The first-order chi connectivity index (χ1) is 16.8. The molecule has 1 aliphatic rings. The number of nitrogens with zero attached hydrogens (tertiary/aromatic N) is 2. The van der Waals surface area contributed by atoms with Gasteiger partial charge in [-0.05, 0) is 26.8 Å². The third-order valence-electron chi connectivity index (χ3n) is 5.36. The molecule has 1 heterocycles. The fourth-order valence-electron chi connectivity index (χ4n) is 3.65. The second-order valence-corrected chi connectivity index (χ2v) is 7.77. The summed E-state index contributed by atoms with van der Waals surface area (Å²) in [7, 11) is 0. The molecule has 0 unspecified atom stereocenters. The molecule has 0 aromatic heterocycles. The molecule has 2 aromatic rings. The first-order valence-electron chi connectivity index (χ1n) is 11.4. The number of aryl methyl sites for hydroxylation is 1. The summed E-state index contributed by atoms with van der Waals surface area (Å²) in [5.41, 5.74) is 1.65. The molecule has 2 aromatic carbocycles. The Kier molecular flexibility index (Phi) is 8.85. The highest BCUT2D eigenvalue weighted by molar-refractivity contribution is 6.00. The largest absolute Gasteiger partial charge is 0.492 e. The zero-order chi connectivity index (χ0) is 25.4. The van der Waals surface area contributed by atoms with Crippen LogP contribution in [0.25, 0.3) is 0 Å². The monoisotopic (exact) mass is 486 g/mol. The van der Waals surface area contributed by atoms with E-state index in [0.29, 0.717) is 62.3 Å². The van der Waals surface area contributed by atoms with Gasteiger partial charge in [-0.15, -0.1) is 0 Å². The molecule has 0 spiro atoms. The lowest BCUT2D eigenvalue weighted by molar-refractivity contribution is -0.385. The van der Waals surface area contributed by atoms with E-state index in [-0.39, 0.29) is 17.8 Å². The predicted molar refractivity (Wildman–Crippen MR) is 131 cm³/mol. The van der Waals surface area contributed by atoms with Crippen molar-refractivity contribution in [3.63, 3.8) is 0 Å². The van der Waals surface area contributed by atoms with Gasteiger partial charge in [0.1, 0.15) is 11.5 Å². The fourth-order valence-corrected chi connectivity index (χ4v) is 3.65. The summed E-state index contributed by atoms with van der Waals surface area (Å²) < 4.78 is 17.0. The molecular formula is C24H30N4O7. The molecular weight excluding hydrogens is 456 g/mol. The lowest BCUT2D eigenvalue weighted by Crippen LogP contribution is -2.36. The number of nitro benzene ring substituents is 1. The Bertz CT molecular complexity index is 1080. The molecule has 188 valence electrons. The Morgan fingerprint density at radius 1 is 1.09 bits per heavy atom. The van der Waals surface area contributed by atoms with Gasteiger partial charge in [0.2, 0.25) is 5.91 Å². The van der Waals surface area contributed by atoms with Crippen molar-refractivity contribution in [2.24, 2.45) is 0 Å². The SMILES string of the molecule is CCOc1cc(N2CCOCC2)c(OCC)cc1NC(=O)CNC(=O)c1ccc(C)c([N+](=O)[O-])c1. The quantitative estimate of drug-likeness (QED) is 0.387. The van der Waals surface area contributed by atoms with E-state index in [1.807, 2.05) is 19.9 Å². The van der Waals surface area contributed by atoms with Gasteiger partial charge in [-0.25, -0.2) is 0 Å². The summed E-state index contributed by atoms with van der Waals surface area (Å²) in [5, 5.41) is 16.4. The van der Waals surface area contributed by atoms with Crippen LogP contribution in [0, 0.1) is 17.0 Å². The van der Waals surface area contributed by atoms with Crippen LogP contribution in [-0.2, 0) is 9.53 Å². The Balaban J connectivity index is 1.74. The van der Waals surface area contributed by atoms with Crippen molar-refractivity contribution < 1.29 is 28.7 Å². The summed E-state index contributed by atoms with van der Waals surface area (Å²) >= 11 is 0. The van der Waals surface area contributed by atoms with Crippen molar-refractivity contribution in [1.82, 2.24) is 5.32 Å². The number of carbonyl (C=O) groups is 2. The average Bonchev–Trinajstić information content (AvgIpc) is 2.85. The average molecular weight is 487 g/mol. The minimum Gasteiger partial charge on any atom is -0.492 e. The highest BCUT2D eigenvalue weighted by Crippen LogP contribution is 2.39. The molecule has 11 nitrogen and oxygen atoms in total. The van der Waals surface area contributed by atoms with E-state index in [2.05, 4.69) is 15.5 Å². The number of ether oxygens (including phenoxy) is 3. The van der Waals surface area contributed by atoms with Crippen molar-refractivity contribution in [2.75, 3.05) is 56.3 Å². The van der Waals surface area contributed by atoms with E-state index < -0.39 is 16.7 Å². The van der Waals surface area contributed by atoms with Gasteiger partial charge in [0.05, 0.1) is 49.3 Å². The highest BCUT2D eigenvalue weighted by atomic mass is 16.6. The van der Waals surface area contributed by atoms with E-state index >= 15 is 0 Å². The van der Waals surface area contributed by atoms with Crippen LogP contribution in [0.5, 0.6) is 11.5 Å². The molecule has 2 N–H and O–H groups in total. The van der Waals surface area contributed by atoms with Crippen molar-refractivity contribution in [2.45, 2.75) is 20.8 Å². The molecule has 35 heavy (non-hydrogen) atoms. The summed E-state index contributed by atoms with van der Waals surface area (Å²) in [6, 6.07) is 7.70. The molecule has 0 bridgehead atoms. The smallest absolute Gasteiger partial charge is 0.273 e. The summed E-state index contributed by atoms with van der Waals surface area (Å²) in [4.78, 5) is 37.8. The minimum absolute atomic E-state index is 0.0959. The number of anilines is 2. The van der Waals surface area contributed by atoms with E-state index in [9.17, 15) is 19.7 Å². The van der Waals surface area contributed by atoms with Gasteiger partial charge < -0.3 is 29.7 Å². The molecule has 0 atom stereocenters. The Hall–Kier alpha value is -3.86. The molecule has 0 saturated carbocycles. The predicted octanol–water partition coefficient (Wildman–Crippen LogP) is 2.91. The molecule has 0 radical (unpaired) electrons. The van der Waals surface area contributed by atoms with Gasteiger partial charge in [0.25, 0.3) is 11.6 Å². The maximum atomic E-state index is 12.6. The summed E-state index contributed by atoms with van der Waals surface area (Å²) in [6.07, 6.45) is 0. The Morgan fingerprint density at radius 2 is 1.77 bits per heavy atom. The van der Waals surface area contributed by atoms with Crippen LogP contribution in [0.15, 0.2) is 30.3 Å². The second kappa shape index (κ2) is 12.0. The first kappa shape index (κ1) is 25.8. The summed E-state index contributed by atoms with van der Waals surface area (Å²) in [5.74, 6) is 0.00359. The molecule has 0 aliphatic carbocycles. The van der Waals surface area contributed by atoms with Gasteiger partial charge in [-0.3, -0.25) is 19.7 Å². The van der Waals surface area contributed by atoms with Crippen molar-refractivity contribution >= 4 is 28.9 Å². The maximum absolute atomic E-state index is 12.6. The topological polar surface area (TPSA) is 132 Å². The van der Waals surface area contributed by atoms with Crippen LogP contribution in [0.4, 0.5) is 17.1 Å². The fraction of sp³-hybridized carbons (Fsp3) is 0.417. The normalized spacial score (nSPS) is 13.2. The van der Waals surface area contributed by atoms with Gasteiger partial charge in [-0.2, -0.15) is 0 Å². The van der Waals surface area contributed by atoms with E-state index in [1.54, 1.807) is 13.0 Å². The number of nitrogens with one attached hydrogen (secondary N) is 2. The molecule has 2 amide bonds. The second-order valence-electron chi connectivity index (χ2n) is 7.77. The third kappa shape index (κ3) is 6.60. The van der Waals surface area contributed by atoms with Crippen molar-refractivity contribution in [1.29, 1.82) is 0 Å². The Morgan fingerprint density at radius 3 is 2.43 bits per heavy atom. The van der Waals surface area contributed by atoms with Gasteiger partial charge in [0.15, 0.2) is 0 Å². The van der Waals surface area contributed by atoms with Gasteiger partial charge in [0, 0.05) is 42.4 Å². The third-order valence-corrected chi connectivity index (χ3v) is 5.36. The molecule has 3 rings (SSSR count). The van der Waals surface area contributed by atoms with Crippen LogP contribution >= 0.6 is 0 Å². The number of morpholine rings is 1. The summed E-state index contributed by atoms with van der Waals surface area (Å²) in [6.45, 7) is 8.45.